The van der Waals surface area contributed by atoms with Crippen molar-refractivity contribution in [2.75, 3.05) is 19.7 Å². The molecule has 0 aliphatic rings. The normalized spacial score (nSPS) is 11.2. The minimum Gasteiger partial charge on any atom is -0.467 e. The molecule has 3 N–H and O–H groups in total. The lowest BCUT2D eigenvalue weighted by molar-refractivity contribution is -0.154. The summed E-state index contributed by atoms with van der Waals surface area (Å²) >= 11 is 0. The smallest absolute Gasteiger partial charge is 0.422 e. The Hall–Kier alpha value is -1.83. The van der Waals surface area contributed by atoms with Crippen LogP contribution in [0.4, 0.5) is 13.2 Å². The van der Waals surface area contributed by atoms with E-state index >= 15 is 0 Å². The molecule has 0 saturated carbocycles. The monoisotopic (exact) mass is 291 g/mol. The maximum atomic E-state index is 12.1. The molecule has 20 heavy (non-hydrogen) atoms. The lowest BCUT2D eigenvalue weighted by Gasteiger charge is -2.11. The number of aromatic nitrogens is 1. The number of nitrogens with zero attached hydrogens (tertiary/aromatic N) is 1. The third-order valence-electron chi connectivity index (χ3n) is 2.30. The Morgan fingerprint density at radius 1 is 1.40 bits per heavy atom. The molecule has 0 aliphatic carbocycles. The molecule has 0 fully saturated rings. The lowest BCUT2D eigenvalue weighted by atomic mass is 10.2. The van der Waals surface area contributed by atoms with Crippen molar-refractivity contribution in [2.24, 2.45) is 5.73 Å². The Labute approximate surface area is 114 Å². The molecule has 1 aromatic rings. The van der Waals surface area contributed by atoms with Crippen LogP contribution >= 0.6 is 0 Å². The van der Waals surface area contributed by atoms with E-state index in [1.807, 2.05) is 0 Å². The van der Waals surface area contributed by atoms with Gasteiger partial charge in [0.15, 0.2) is 6.61 Å². The van der Waals surface area contributed by atoms with Crippen molar-refractivity contribution in [1.29, 1.82) is 0 Å². The first-order chi connectivity index (χ1) is 9.44. The standard InChI is InChI=1S/C12H16F3N3O2/c13-12(14,15)8-20-11-9(4-3-7-18-11)10(19)17-6-2-1-5-16/h3-4,7H,1-2,5-6,8,16H2,(H,17,19). The molecule has 0 spiro atoms. The molecule has 0 radical (unpaired) electrons. The van der Waals surface area contributed by atoms with Gasteiger partial charge in [0.25, 0.3) is 5.91 Å². The van der Waals surface area contributed by atoms with Gasteiger partial charge >= 0.3 is 6.18 Å². The fraction of sp³-hybridized carbons (Fsp3) is 0.500. The van der Waals surface area contributed by atoms with E-state index in [1.165, 1.54) is 18.3 Å². The average molecular weight is 291 g/mol. The summed E-state index contributed by atoms with van der Waals surface area (Å²) in [5.41, 5.74) is 5.29. The number of nitrogens with one attached hydrogen (secondary N) is 1. The molecule has 1 amide bonds. The van der Waals surface area contributed by atoms with Gasteiger partial charge in [-0.3, -0.25) is 4.79 Å². The van der Waals surface area contributed by atoms with Crippen LogP contribution in [0.5, 0.6) is 5.88 Å². The first kappa shape index (κ1) is 16.2. The van der Waals surface area contributed by atoms with Crippen LogP contribution in [0, 0.1) is 0 Å². The SMILES string of the molecule is NCCCCNC(=O)c1cccnc1OCC(F)(F)F. The summed E-state index contributed by atoms with van der Waals surface area (Å²) in [5, 5.41) is 2.58. The molecular formula is C12H16F3N3O2. The Balaban J connectivity index is 2.62. The number of ether oxygens (including phenoxy) is 1. The van der Waals surface area contributed by atoms with Crippen LogP contribution in [0.25, 0.3) is 0 Å². The molecule has 0 aromatic carbocycles. The van der Waals surface area contributed by atoms with Crippen molar-refractivity contribution in [3.8, 4) is 5.88 Å². The van der Waals surface area contributed by atoms with Crippen LogP contribution in [0.3, 0.4) is 0 Å². The highest BCUT2D eigenvalue weighted by Crippen LogP contribution is 2.19. The molecule has 1 rings (SSSR count). The van der Waals surface area contributed by atoms with Crippen LogP contribution in [-0.4, -0.2) is 36.8 Å². The minimum absolute atomic E-state index is 0.0236. The van der Waals surface area contributed by atoms with Gasteiger partial charge in [-0.2, -0.15) is 13.2 Å². The number of unbranched alkanes of at least 4 members (excludes halogenated alkanes) is 1. The lowest BCUT2D eigenvalue weighted by Crippen LogP contribution is -2.27. The number of pyridine rings is 1. The molecule has 112 valence electrons. The summed E-state index contributed by atoms with van der Waals surface area (Å²) in [5.74, 6) is -0.853. The van der Waals surface area contributed by atoms with Gasteiger partial charge in [0.2, 0.25) is 5.88 Å². The Morgan fingerprint density at radius 3 is 2.80 bits per heavy atom. The highest BCUT2D eigenvalue weighted by molar-refractivity contribution is 5.96. The van der Waals surface area contributed by atoms with Gasteiger partial charge in [-0.1, -0.05) is 0 Å². The van der Waals surface area contributed by atoms with Crippen LogP contribution < -0.4 is 15.8 Å². The van der Waals surface area contributed by atoms with Crippen LogP contribution in [0.1, 0.15) is 23.2 Å². The molecule has 0 saturated heterocycles. The van der Waals surface area contributed by atoms with Gasteiger partial charge in [0.05, 0.1) is 0 Å². The maximum absolute atomic E-state index is 12.1. The number of rotatable bonds is 7. The molecule has 5 nitrogen and oxygen atoms in total. The van der Waals surface area contributed by atoms with Crippen molar-refractivity contribution >= 4 is 5.91 Å². The number of halogens is 3. The van der Waals surface area contributed by atoms with Gasteiger partial charge in [-0.05, 0) is 31.5 Å². The van der Waals surface area contributed by atoms with Crippen molar-refractivity contribution in [1.82, 2.24) is 10.3 Å². The van der Waals surface area contributed by atoms with E-state index in [-0.39, 0.29) is 11.4 Å². The summed E-state index contributed by atoms with van der Waals surface area (Å²) in [6, 6.07) is 2.81. The average Bonchev–Trinajstić information content (AvgIpc) is 2.40. The maximum Gasteiger partial charge on any atom is 0.422 e. The van der Waals surface area contributed by atoms with Gasteiger partial charge in [0, 0.05) is 12.7 Å². The van der Waals surface area contributed by atoms with Gasteiger partial charge in [-0.15, -0.1) is 0 Å². The quantitative estimate of drug-likeness (QED) is 0.746. The second-order valence-corrected chi connectivity index (χ2v) is 4.01. The van der Waals surface area contributed by atoms with Gasteiger partial charge in [0.1, 0.15) is 5.56 Å². The third-order valence-corrected chi connectivity index (χ3v) is 2.30. The first-order valence-corrected chi connectivity index (χ1v) is 6.07. The van der Waals surface area contributed by atoms with E-state index < -0.39 is 18.7 Å². The number of alkyl halides is 3. The highest BCUT2D eigenvalue weighted by atomic mass is 19.4. The first-order valence-electron chi connectivity index (χ1n) is 6.07. The van der Waals surface area contributed by atoms with Gasteiger partial charge < -0.3 is 15.8 Å². The number of carbonyl (C=O) groups is 1. The molecule has 0 atom stereocenters. The fourth-order valence-electron chi connectivity index (χ4n) is 1.40. The fourth-order valence-corrected chi connectivity index (χ4v) is 1.40. The second kappa shape index (κ2) is 7.68. The number of hydrogen-bond acceptors (Lipinski definition) is 4. The summed E-state index contributed by atoms with van der Waals surface area (Å²) < 4.78 is 40.8. The number of hydrogen-bond donors (Lipinski definition) is 2. The van der Waals surface area contributed by atoms with E-state index in [9.17, 15) is 18.0 Å². The Kier molecular flexibility index (Phi) is 6.23. The molecule has 0 unspecified atom stereocenters. The van der Waals surface area contributed by atoms with Gasteiger partial charge in [-0.25, -0.2) is 4.98 Å². The molecule has 0 aliphatic heterocycles. The Bertz CT molecular complexity index is 438. The third kappa shape index (κ3) is 5.87. The van der Waals surface area contributed by atoms with Crippen molar-refractivity contribution in [3.05, 3.63) is 23.9 Å². The van der Waals surface area contributed by atoms with Crippen molar-refractivity contribution < 1.29 is 22.7 Å². The zero-order chi connectivity index (χ0) is 15.0. The highest BCUT2D eigenvalue weighted by Gasteiger charge is 2.29. The van der Waals surface area contributed by atoms with Crippen LogP contribution in [0.2, 0.25) is 0 Å². The van der Waals surface area contributed by atoms with E-state index in [1.54, 1.807) is 0 Å². The summed E-state index contributed by atoms with van der Waals surface area (Å²) in [7, 11) is 0. The number of amides is 1. The summed E-state index contributed by atoms with van der Waals surface area (Å²) in [6.07, 6.45) is -1.77. The van der Waals surface area contributed by atoms with Crippen LogP contribution in [0.15, 0.2) is 18.3 Å². The molecule has 1 heterocycles. The molecule has 0 bridgehead atoms. The largest absolute Gasteiger partial charge is 0.467 e. The predicted octanol–water partition coefficient (Wildman–Crippen LogP) is 1.49. The van der Waals surface area contributed by atoms with E-state index in [0.717, 1.165) is 6.42 Å². The zero-order valence-electron chi connectivity index (χ0n) is 10.7. The summed E-state index contributed by atoms with van der Waals surface area (Å²) in [6.45, 7) is -0.580. The summed E-state index contributed by atoms with van der Waals surface area (Å²) in [4.78, 5) is 15.5. The van der Waals surface area contributed by atoms with E-state index in [4.69, 9.17) is 5.73 Å². The minimum atomic E-state index is -4.48. The van der Waals surface area contributed by atoms with Crippen molar-refractivity contribution in [3.63, 3.8) is 0 Å². The topological polar surface area (TPSA) is 77.2 Å². The molecule has 1 aromatic heterocycles. The molecule has 8 heteroatoms. The Morgan fingerprint density at radius 2 is 2.15 bits per heavy atom. The number of carbonyl (C=O) groups excluding carboxylic acids is 1. The van der Waals surface area contributed by atoms with E-state index in [2.05, 4.69) is 15.0 Å². The molecular weight excluding hydrogens is 275 g/mol. The van der Waals surface area contributed by atoms with Crippen LogP contribution in [-0.2, 0) is 0 Å². The zero-order valence-corrected chi connectivity index (χ0v) is 10.7. The second-order valence-electron chi connectivity index (χ2n) is 4.01. The number of nitrogens with two attached hydrogens (primary N) is 1. The van der Waals surface area contributed by atoms with E-state index in [0.29, 0.717) is 19.5 Å². The predicted molar refractivity (Wildman–Crippen MR) is 66.4 cm³/mol. The van der Waals surface area contributed by atoms with Crippen molar-refractivity contribution in [2.45, 2.75) is 19.0 Å².